The van der Waals surface area contributed by atoms with Crippen LogP contribution in [0.1, 0.15) is 20.8 Å². The summed E-state index contributed by atoms with van der Waals surface area (Å²) in [5.41, 5.74) is -0.529. The van der Waals surface area contributed by atoms with Crippen LogP contribution in [-0.2, 0) is 4.79 Å². The average molecular weight is 213 g/mol. The van der Waals surface area contributed by atoms with Crippen molar-refractivity contribution in [2.45, 2.75) is 32.5 Å². The van der Waals surface area contributed by atoms with Gasteiger partial charge in [-0.15, -0.1) is 0 Å². The highest BCUT2D eigenvalue weighted by Gasteiger charge is 2.45. The normalized spacial score (nSPS) is 15.3. The van der Waals surface area contributed by atoms with Crippen LogP contribution >= 0.6 is 0 Å². The number of hydrogen-bond donors (Lipinski definition) is 2. The molecule has 14 heavy (non-hydrogen) atoms. The third-order valence-corrected chi connectivity index (χ3v) is 1.53. The first kappa shape index (κ1) is 13.2. The van der Waals surface area contributed by atoms with E-state index in [-0.39, 0.29) is 0 Å². The van der Waals surface area contributed by atoms with Gasteiger partial charge in [-0.1, -0.05) is 0 Å². The van der Waals surface area contributed by atoms with Crippen LogP contribution in [0.15, 0.2) is 0 Å². The Labute approximate surface area is 80.3 Å². The molecule has 0 heterocycles. The van der Waals surface area contributed by atoms with Gasteiger partial charge < -0.3 is 10.4 Å². The van der Waals surface area contributed by atoms with Crippen molar-refractivity contribution >= 4 is 5.97 Å². The van der Waals surface area contributed by atoms with Crippen molar-refractivity contribution < 1.29 is 23.1 Å². The van der Waals surface area contributed by atoms with E-state index in [1.165, 1.54) is 0 Å². The second-order valence-corrected chi connectivity index (χ2v) is 4.06. The standard InChI is InChI=1S/C8H14F3NO2/c1-7(2,3)12-4-5(6(13)14)8(9,10)11/h5,12H,4H2,1-3H3,(H,13,14). The Kier molecular flexibility index (Phi) is 3.93. The van der Waals surface area contributed by atoms with Crippen molar-refractivity contribution in [2.75, 3.05) is 6.54 Å². The lowest BCUT2D eigenvalue weighted by Crippen LogP contribution is -2.45. The van der Waals surface area contributed by atoms with Crippen molar-refractivity contribution in [3.8, 4) is 0 Å². The first-order chi connectivity index (χ1) is 6.04. The van der Waals surface area contributed by atoms with E-state index in [2.05, 4.69) is 5.32 Å². The summed E-state index contributed by atoms with van der Waals surface area (Å²) in [7, 11) is 0. The van der Waals surface area contributed by atoms with Gasteiger partial charge in [0.15, 0.2) is 5.92 Å². The van der Waals surface area contributed by atoms with Crippen molar-refractivity contribution in [3.05, 3.63) is 0 Å². The summed E-state index contributed by atoms with van der Waals surface area (Å²) < 4.78 is 36.4. The molecule has 84 valence electrons. The van der Waals surface area contributed by atoms with Crippen molar-refractivity contribution in [2.24, 2.45) is 5.92 Å². The quantitative estimate of drug-likeness (QED) is 0.749. The maximum atomic E-state index is 12.1. The third kappa shape index (κ3) is 5.06. The minimum Gasteiger partial charge on any atom is -0.481 e. The van der Waals surface area contributed by atoms with Crippen LogP contribution in [0.2, 0.25) is 0 Å². The number of carboxylic acids is 1. The Balaban J connectivity index is 4.35. The zero-order valence-electron chi connectivity index (χ0n) is 8.27. The molecule has 0 radical (unpaired) electrons. The van der Waals surface area contributed by atoms with Gasteiger partial charge in [-0.05, 0) is 20.8 Å². The number of carbonyl (C=O) groups is 1. The molecule has 0 aliphatic carbocycles. The molecule has 6 heteroatoms. The number of nitrogens with one attached hydrogen (secondary N) is 1. The minimum absolute atomic E-state index is 0.529. The van der Waals surface area contributed by atoms with Gasteiger partial charge in [0.25, 0.3) is 0 Å². The zero-order chi connectivity index (χ0) is 11.6. The lowest BCUT2D eigenvalue weighted by atomic mass is 10.1. The van der Waals surface area contributed by atoms with Crippen LogP contribution < -0.4 is 5.32 Å². The first-order valence-corrected chi connectivity index (χ1v) is 4.08. The summed E-state index contributed by atoms with van der Waals surface area (Å²) in [5.74, 6) is -4.20. The van der Waals surface area contributed by atoms with Crippen LogP contribution in [0, 0.1) is 5.92 Å². The molecule has 0 aliphatic rings. The molecule has 1 unspecified atom stereocenters. The lowest BCUT2D eigenvalue weighted by Gasteiger charge is -2.24. The zero-order valence-corrected chi connectivity index (χ0v) is 8.27. The van der Waals surface area contributed by atoms with Gasteiger partial charge in [-0.25, -0.2) is 0 Å². The second-order valence-electron chi connectivity index (χ2n) is 4.06. The highest BCUT2D eigenvalue weighted by Crippen LogP contribution is 2.26. The summed E-state index contributed by atoms with van der Waals surface area (Å²) >= 11 is 0. The minimum atomic E-state index is -4.70. The van der Waals surface area contributed by atoms with E-state index in [9.17, 15) is 18.0 Å². The molecule has 3 nitrogen and oxygen atoms in total. The Bertz CT molecular complexity index is 208. The molecule has 0 rings (SSSR count). The smallest absolute Gasteiger partial charge is 0.403 e. The van der Waals surface area contributed by atoms with Crippen molar-refractivity contribution in [1.29, 1.82) is 0 Å². The van der Waals surface area contributed by atoms with E-state index >= 15 is 0 Å². The van der Waals surface area contributed by atoms with E-state index in [1.807, 2.05) is 0 Å². The lowest BCUT2D eigenvalue weighted by molar-refractivity contribution is -0.192. The summed E-state index contributed by atoms with van der Waals surface area (Å²) in [5, 5.41) is 10.9. The van der Waals surface area contributed by atoms with Gasteiger partial charge in [0, 0.05) is 12.1 Å². The molecule has 0 aromatic heterocycles. The first-order valence-electron chi connectivity index (χ1n) is 4.08. The number of halogens is 3. The molecular weight excluding hydrogens is 199 g/mol. The Morgan fingerprint density at radius 2 is 1.79 bits per heavy atom. The number of alkyl halides is 3. The van der Waals surface area contributed by atoms with Crippen LogP contribution in [0.25, 0.3) is 0 Å². The number of hydrogen-bond acceptors (Lipinski definition) is 2. The van der Waals surface area contributed by atoms with Gasteiger partial charge >= 0.3 is 12.1 Å². The van der Waals surface area contributed by atoms with Gasteiger partial charge in [0.05, 0.1) is 0 Å². The number of carboxylic acid groups (broad SMARTS) is 1. The van der Waals surface area contributed by atoms with Crippen LogP contribution in [0.4, 0.5) is 13.2 Å². The van der Waals surface area contributed by atoms with Gasteiger partial charge in [-0.2, -0.15) is 13.2 Å². The maximum Gasteiger partial charge on any atom is 0.403 e. The molecule has 1 atom stereocenters. The SMILES string of the molecule is CC(C)(C)NCC(C(=O)O)C(F)(F)F. The molecule has 0 saturated carbocycles. The van der Waals surface area contributed by atoms with Crippen LogP contribution in [-0.4, -0.2) is 29.3 Å². The fraction of sp³-hybridized carbons (Fsp3) is 0.875. The van der Waals surface area contributed by atoms with Gasteiger partial charge in [0.1, 0.15) is 0 Å². The van der Waals surface area contributed by atoms with E-state index in [4.69, 9.17) is 5.11 Å². The molecular formula is C8H14F3NO2. The molecule has 0 aliphatic heterocycles. The molecule has 2 N–H and O–H groups in total. The molecule has 0 aromatic rings. The molecule has 0 amide bonds. The molecule has 0 aromatic carbocycles. The third-order valence-electron chi connectivity index (χ3n) is 1.53. The Morgan fingerprint density at radius 3 is 2.00 bits per heavy atom. The Morgan fingerprint density at radius 1 is 1.36 bits per heavy atom. The summed E-state index contributed by atoms with van der Waals surface area (Å²) in [6, 6.07) is 0. The predicted octanol–water partition coefficient (Wildman–Crippen LogP) is 1.64. The molecule has 0 fully saturated rings. The molecule has 0 bridgehead atoms. The predicted molar refractivity (Wildman–Crippen MR) is 44.9 cm³/mol. The highest BCUT2D eigenvalue weighted by molar-refractivity contribution is 5.71. The number of rotatable bonds is 3. The van der Waals surface area contributed by atoms with Crippen molar-refractivity contribution in [3.63, 3.8) is 0 Å². The van der Waals surface area contributed by atoms with E-state index in [1.54, 1.807) is 20.8 Å². The van der Waals surface area contributed by atoms with E-state index in [0.717, 1.165) is 0 Å². The van der Waals surface area contributed by atoms with Gasteiger partial charge in [0.2, 0.25) is 0 Å². The van der Waals surface area contributed by atoms with Crippen molar-refractivity contribution in [1.82, 2.24) is 5.32 Å². The highest BCUT2D eigenvalue weighted by atomic mass is 19.4. The summed E-state index contributed by atoms with van der Waals surface area (Å²) in [6.45, 7) is 4.40. The average Bonchev–Trinajstić information content (AvgIpc) is 1.79. The monoisotopic (exact) mass is 213 g/mol. The molecule has 0 spiro atoms. The number of aliphatic carboxylic acids is 1. The maximum absolute atomic E-state index is 12.1. The van der Waals surface area contributed by atoms with Crippen LogP contribution in [0.5, 0.6) is 0 Å². The summed E-state index contributed by atoms with van der Waals surface area (Å²) in [6.07, 6.45) is -4.70. The molecule has 0 saturated heterocycles. The second kappa shape index (κ2) is 4.16. The Hall–Kier alpha value is -0.780. The summed E-state index contributed by atoms with van der Waals surface area (Å²) in [4.78, 5) is 10.3. The fourth-order valence-corrected chi connectivity index (χ4v) is 0.751. The van der Waals surface area contributed by atoms with Crippen LogP contribution in [0.3, 0.4) is 0 Å². The van der Waals surface area contributed by atoms with E-state index < -0.39 is 30.1 Å². The fourth-order valence-electron chi connectivity index (χ4n) is 0.751. The largest absolute Gasteiger partial charge is 0.481 e. The van der Waals surface area contributed by atoms with E-state index in [0.29, 0.717) is 0 Å². The van der Waals surface area contributed by atoms with Gasteiger partial charge in [-0.3, -0.25) is 4.79 Å². The topological polar surface area (TPSA) is 49.3 Å².